The van der Waals surface area contributed by atoms with Crippen LogP contribution >= 0.6 is 0 Å². The minimum atomic E-state index is -1.26. The van der Waals surface area contributed by atoms with Gasteiger partial charge in [-0.3, -0.25) is 14.4 Å². The summed E-state index contributed by atoms with van der Waals surface area (Å²) in [6.07, 6.45) is -1.11. The minimum Gasteiger partial charge on any atom is -0.508 e. The Bertz CT molecular complexity index is 736. The van der Waals surface area contributed by atoms with Crippen LogP contribution in [0, 0.1) is 0 Å². The number of carbonyl (C=O) groups excluding carboxylic acids is 3. The average molecular weight is 410 g/mol. The predicted octanol–water partition coefficient (Wildman–Crippen LogP) is -2.17. The van der Waals surface area contributed by atoms with E-state index in [9.17, 15) is 34.5 Å². The number of aromatic hydroxyl groups is 1. The Morgan fingerprint density at radius 1 is 1.03 bits per heavy atom. The second-order valence-electron chi connectivity index (χ2n) is 6.54. The van der Waals surface area contributed by atoms with Crippen molar-refractivity contribution in [2.45, 2.75) is 44.5 Å². The molecule has 3 amide bonds. The van der Waals surface area contributed by atoms with E-state index in [1.165, 1.54) is 38.1 Å². The summed E-state index contributed by atoms with van der Waals surface area (Å²) in [6, 6.07) is 2.40. The van der Waals surface area contributed by atoms with Crippen LogP contribution in [0.1, 0.15) is 19.4 Å². The highest BCUT2D eigenvalue weighted by Crippen LogP contribution is 2.11. The number of hydrogen-bond donors (Lipinski definition) is 7. The van der Waals surface area contributed by atoms with Gasteiger partial charge in [0.2, 0.25) is 17.7 Å². The summed E-state index contributed by atoms with van der Waals surface area (Å²) in [5.74, 6) is -3.37. The van der Waals surface area contributed by atoms with Crippen LogP contribution in [-0.2, 0) is 25.6 Å². The number of carboxylic acids is 1. The number of benzene rings is 1. The molecular weight excluding hydrogens is 384 g/mol. The molecule has 11 heteroatoms. The first-order chi connectivity index (χ1) is 13.5. The number of nitrogens with two attached hydrogens (primary N) is 1. The number of hydrogen-bond acceptors (Lipinski definition) is 7. The lowest BCUT2D eigenvalue weighted by molar-refractivity contribution is -0.141. The number of carbonyl (C=O) groups is 4. The second-order valence-corrected chi connectivity index (χ2v) is 6.54. The maximum atomic E-state index is 12.0. The third-order valence-corrected chi connectivity index (χ3v) is 4.01. The van der Waals surface area contributed by atoms with Gasteiger partial charge >= 0.3 is 5.97 Å². The first kappa shape index (κ1) is 23.9. The molecule has 0 saturated heterocycles. The van der Waals surface area contributed by atoms with E-state index in [2.05, 4.69) is 16.0 Å². The molecule has 160 valence electrons. The zero-order chi connectivity index (χ0) is 22.1. The zero-order valence-electron chi connectivity index (χ0n) is 16.1. The lowest BCUT2D eigenvalue weighted by Crippen LogP contribution is -2.54. The summed E-state index contributed by atoms with van der Waals surface area (Å²) in [5, 5.41) is 34.7. The van der Waals surface area contributed by atoms with E-state index in [0.29, 0.717) is 5.56 Å². The van der Waals surface area contributed by atoms with Crippen molar-refractivity contribution in [2.24, 2.45) is 5.73 Å². The smallest absolute Gasteiger partial charge is 0.326 e. The molecule has 11 nitrogen and oxygen atoms in total. The third-order valence-electron chi connectivity index (χ3n) is 4.01. The van der Waals surface area contributed by atoms with Gasteiger partial charge in [0.25, 0.3) is 0 Å². The molecular formula is C18H26N4O7. The Labute approximate surface area is 167 Å². The fourth-order valence-corrected chi connectivity index (χ4v) is 2.23. The lowest BCUT2D eigenvalue weighted by Gasteiger charge is -2.19. The molecule has 1 aromatic rings. The van der Waals surface area contributed by atoms with E-state index >= 15 is 0 Å². The van der Waals surface area contributed by atoms with Gasteiger partial charge < -0.3 is 37.0 Å². The Morgan fingerprint density at radius 2 is 1.62 bits per heavy atom. The third kappa shape index (κ3) is 8.15. The van der Waals surface area contributed by atoms with E-state index < -0.39 is 54.5 Å². The van der Waals surface area contributed by atoms with Crippen molar-refractivity contribution < 1.29 is 34.5 Å². The first-order valence-electron chi connectivity index (χ1n) is 8.83. The van der Waals surface area contributed by atoms with Gasteiger partial charge in [0.05, 0.1) is 12.6 Å². The predicted molar refractivity (Wildman–Crippen MR) is 102 cm³/mol. The fraction of sp³-hybridized carbons (Fsp3) is 0.444. The standard InChI is InChI=1S/C18H26N4O7/c1-9(21-17(27)15(19)10(2)23)16(26)20-8-14(25)22-13(18(28)29)7-11-3-5-12(24)6-4-11/h3-6,9-10,13,15,23-24H,7-8,19H2,1-2H3,(H,20,26)(H,21,27)(H,22,25)(H,28,29). The Morgan fingerprint density at radius 3 is 2.14 bits per heavy atom. The van der Waals surface area contributed by atoms with Crippen molar-refractivity contribution in [3.05, 3.63) is 29.8 Å². The molecule has 0 aliphatic rings. The van der Waals surface area contributed by atoms with Gasteiger partial charge in [-0.15, -0.1) is 0 Å². The van der Waals surface area contributed by atoms with Crippen molar-refractivity contribution in [1.82, 2.24) is 16.0 Å². The normalized spacial score (nSPS) is 14.8. The monoisotopic (exact) mass is 410 g/mol. The van der Waals surface area contributed by atoms with Crippen LogP contribution in [0.5, 0.6) is 5.75 Å². The highest BCUT2D eigenvalue weighted by molar-refractivity contribution is 5.92. The summed E-state index contributed by atoms with van der Waals surface area (Å²) >= 11 is 0. The molecule has 1 rings (SSSR count). The number of amides is 3. The molecule has 4 atom stereocenters. The average Bonchev–Trinajstić information content (AvgIpc) is 2.66. The molecule has 0 bridgehead atoms. The molecule has 8 N–H and O–H groups in total. The fourth-order valence-electron chi connectivity index (χ4n) is 2.23. The van der Waals surface area contributed by atoms with Crippen LogP contribution in [0.25, 0.3) is 0 Å². The highest BCUT2D eigenvalue weighted by atomic mass is 16.4. The minimum absolute atomic E-state index is 0.0149. The van der Waals surface area contributed by atoms with Gasteiger partial charge in [-0.1, -0.05) is 12.1 Å². The van der Waals surface area contributed by atoms with Gasteiger partial charge in [-0.05, 0) is 31.5 Å². The van der Waals surface area contributed by atoms with Crippen LogP contribution in [-0.4, -0.2) is 69.8 Å². The number of aliphatic hydroxyl groups excluding tert-OH is 1. The number of aliphatic hydroxyl groups is 1. The largest absolute Gasteiger partial charge is 0.508 e. The molecule has 0 aromatic heterocycles. The van der Waals surface area contributed by atoms with E-state index in [1.54, 1.807) is 0 Å². The van der Waals surface area contributed by atoms with Crippen LogP contribution in [0.4, 0.5) is 0 Å². The molecule has 0 aliphatic heterocycles. The Balaban J connectivity index is 2.52. The van der Waals surface area contributed by atoms with Crippen molar-refractivity contribution in [2.75, 3.05) is 6.54 Å². The summed E-state index contributed by atoms with van der Waals surface area (Å²) in [7, 11) is 0. The van der Waals surface area contributed by atoms with E-state index in [4.69, 9.17) is 5.73 Å². The topological polar surface area (TPSA) is 191 Å². The maximum Gasteiger partial charge on any atom is 0.326 e. The number of phenolic OH excluding ortho intramolecular Hbond substituents is 1. The number of aliphatic carboxylic acids is 1. The Hall–Kier alpha value is -3.18. The molecule has 0 fully saturated rings. The van der Waals surface area contributed by atoms with Gasteiger partial charge in [0.1, 0.15) is 23.9 Å². The maximum absolute atomic E-state index is 12.0. The number of nitrogens with one attached hydrogen (secondary N) is 3. The second kappa shape index (κ2) is 11.0. The molecule has 1 aromatic carbocycles. The van der Waals surface area contributed by atoms with Gasteiger partial charge in [0, 0.05) is 6.42 Å². The number of carboxylic acid groups (broad SMARTS) is 1. The quantitative estimate of drug-likeness (QED) is 0.227. The van der Waals surface area contributed by atoms with Crippen LogP contribution in [0.2, 0.25) is 0 Å². The lowest BCUT2D eigenvalue weighted by atomic mass is 10.1. The summed E-state index contributed by atoms with van der Waals surface area (Å²) < 4.78 is 0. The van der Waals surface area contributed by atoms with Crippen molar-refractivity contribution in [3.8, 4) is 5.75 Å². The number of phenols is 1. The van der Waals surface area contributed by atoms with Crippen LogP contribution in [0.3, 0.4) is 0 Å². The van der Waals surface area contributed by atoms with Crippen molar-refractivity contribution in [3.63, 3.8) is 0 Å². The van der Waals surface area contributed by atoms with Gasteiger partial charge in [-0.2, -0.15) is 0 Å². The van der Waals surface area contributed by atoms with Crippen LogP contribution in [0.15, 0.2) is 24.3 Å². The van der Waals surface area contributed by atoms with E-state index in [1.807, 2.05) is 0 Å². The first-order valence-corrected chi connectivity index (χ1v) is 8.83. The SMILES string of the molecule is CC(NC(=O)C(N)C(C)O)C(=O)NCC(=O)NC(Cc1ccc(O)cc1)C(=O)O. The van der Waals surface area contributed by atoms with Gasteiger partial charge in [0.15, 0.2) is 0 Å². The molecule has 4 unspecified atom stereocenters. The Kier molecular flexibility index (Phi) is 9.03. The molecule has 0 saturated carbocycles. The molecule has 0 heterocycles. The van der Waals surface area contributed by atoms with E-state index in [0.717, 1.165) is 0 Å². The number of rotatable bonds is 10. The van der Waals surface area contributed by atoms with E-state index in [-0.39, 0.29) is 12.2 Å². The van der Waals surface area contributed by atoms with Crippen molar-refractivity contribution >= 4 is 23.7 Å². The summed E-state index contributed by atoms with van der Waals surface area (Å²) in [4.78, 5) is 47.0. The molecule has 0 aliphatic carbocycles. The molecule has 0 radical (unpaired) electrons. The highest BCUT2D eigenvalue weighted by Gasteiger charge is 2.24. The molecule has 0 spiro atoms. The van der Waals surface area contributed by atoms with Crippen LogP contribution < -0.4 is 21.7 Å². The molecule has 29 heavy (non-hydrogen) atoms. The summed E-state index contributed by atoms with van der Waals surface area (Å²) in [6.45, 7) is 2.20. The zero-order valence-corrected chi connectivity index (χ0v) is 16.1. The van der Waals surface area contributed by atoms with Gasteiger partial charge in [-0.25, -0.2) is 4.79 Å². The van der Waals surface area contributed by atoms with Crippen molar-refractivity contribution in [1.29, 1.82) is 0 Å². The summed E-state index contributed by atoms with van der Waals surface area (Å²) in [5.41, 5.74) is 6.05.